The lowest BCUT2D eigenvalue weighted by Gasteiger charge is -2.28. The number of halogens is 2. The molecular formula is C45H70Br2N2O13. The van der Waals surface area contributed by atoms with Crippen LogP contribution in [0.5, 0.6) is 0 Å². The van der Waals surface area contributed by atoms with E-state index in [0.717, 1.165) is 40.9 Å². The third kappa shape index (κ3) is 32.5. The third-order valence-electron chi connectivity index (χ3n) is 6.74. The van der Waals surface area contributed by atoms with Gasteiger partial charge in [0.2, 0.25) is 0 Å². The van der Waals surface area contributed by atoms with Crippen molar-refractivity contribution in [2.45, 2.75) is 164 Å². The number of carbonyl (C=O) groups excluding carboxylic acids is 7. The monoisotopic (exact) mass is 1000 g/mol. The quantitative estimate of drug-likeness (QED) is 0.0533. The number of aldehydes is 1. The van der Waals surface area contributed by atoms with Crippen molar-refractivity contribution in [1.29, 1.82) is 0 Å². The number of carbonyl (C=O) groups is 7. The predicted molar refractivity (Wildman–Crippen MR) is 245 cm³/mol. The van der Waals surface area contributed by atoms with Crippen molar-refractivity contribution in [2.75, 3.05) is 20.2 Å². The van der Waals surface area contributed by atoms with Crippen LogP contribution < -0.4 is 0 Å². The van der Waals surface area contributed by atoms with Gasteiger partial charge in [-0.2, -0.15) is 0 Å². The SMILES string of the molecule is CC(C)(C)OC(=O)N(CCCC=O)C(=O)OC(C)(C)C.CCCCC=C(Br)C(=O)OCc1ccccc1.COC(=O)C(Br)=CCCCN(C(=O)OC(C)(C)C)C(=O)OC(C)(C)C. The number of amides is 4. The highest BCUT2D eigenvalue weighted by atomic mass is 79.9. The minimum absolute atomic E-state index is 0.0859. The van der Waals surface area contributed by atoms with Crippen molar-refractivity contribution >= 4 is 74.5 Å². The molecule has 17 heteroatoms. The summed E-state index contributed by atoms with van der Waals surface area (Å²) < 4.78 is 31.4. The molecule has 0 saturated heterocycles. The fourth-order valence-electron chi connectivity index (χ4n) is 4.08. The molecule has 0 N–H and O–H groups in total. The second-order valence-electron chi connectivity index (χ2n) is 17.5. The van der Waals surface area contributed by atoms with Gasteiger partial charge in [0.25, 0.3) is 0 Å². The normalized spacial score (nSPS) is 11.9. The molecule has 0 atom stereocenters. The van der Waals surface area contributed by atoms with Crippen LogP contribution in [-0.4, -0.2) is 95.0 Å². The summed E-state index contributed by atoms with van der Waals surface area (Å²) >= 11 is 6.33. The van der Waals surface area contributed by atoms with E-state index in [2.05, 4.69) is 43.5 Å². The van der Waals surface area contributed by atoms with Gasteiger partial charge in [-0.05, 0) is 146 Å². The molecule has 0 unspecified atom stereocenters. The largest absolute Gasteiger partial charge is 0.465 e. The fourth-order valence-corrected chi connectivity index (χ4v) is 4.82. The van der Waals surface area contributed by atoms with Gasteiger partial charge in [0.1, 0.15) is 35.3 Å². The molecule has 0 bridgehead atoms. The van der Waals surface area contributed by atoms with Crippen LogP contribution >= 0.6 is 31.9 Å². The summed E-state index contributed by atoms with van der Waals surface area (Å²) in [6, 6.07) is 9.65. The number of imide groups is 2. The van der Waals surface area contributed by atoms with Crippen LogP contribution in [0.2, 0.25) is 0 Å². The van der Waals surface area contributed by atoms with Crippen LogP contribution in [0, 0.1) is 0 Å². The Bertz CT molecular complexity index is 1560. The van der Waals surface area contributed by atoms with Crippen LogP contribution in [0.3, 0.4) is 0 Å². The molecule has 62 heavy (non-hydrogen) atoms. The topological polar surface area (TPSA) is 181 Å². The predicted octanol–water partition coefficient (Wildman–Crippen LogP) is 11.7. The molecule has 0 fully saturated rings. The number of hydrogen-bond donors (Lipinski definition) is 0. The Morgan fingerprint density at radius 1 is 0.565 bits per heavy atom. The highest BCUT2D eigenvalue weighted by Gasteiger charge is 2.32. The van der Waals surface area contributed by atoms with Gasteiger partial charge in [-0.1, -0.05) is 62.2 Å². The van der Waals surface area contributed by atoms with E-state index >= 15 is 0 Å². The molecule has 0 aliphatic heterocycles. The Kier molecular flexibility index (Phi) is 28.9. The van der Waals surface area contributed by atoms with Crippen molar-refractivity contribution in [3.8, 4) is 0 Å². The number of allylic oxidation sites excluding steroid dienone is 2. The molecule has 0 heterocycles. The Hall–Kier alpha value is -4.25. The number of esters is 2. The summed E-state index contributed by atoms with van der Waals surface area (Å²) in [4.78, 5) is 83.5. The van der Waals surface area contributed by atoms with Gasteiger partial charge < -0.3 is 33.2 Å². The molecular weight excluding hydrogens is 936 g/mol. The number of ether oxygens (including phenoxy) is 6. The summed E-state index contributed by atoms with van der Waals surface area (Å²) in [7, 11) is 1.28. The molecule has 0 spiro atoms. The van der Waals surface area contributed by atoms with Gasteiger partial charge in [0.05, 0.1) is 16.1 Å². The molecule has 0 saturated carbocycles. The average Bonchev–Trinajstić information content (AvgIpc) is 3.13. The van der Waals surface area contributed by atoms with Crippen LogP contribution in [0.15, 0.2) is 51.4 Å². The number of hydrogen-bond acceptors (Lipinski definition) is 13. The minimum Gasteiger partial charge on any atom is -0.465 e. The standard InChI is InChI=1S/C17H28BrNO6.C14H17BrO2.C14H25NO5/c1-16(2,3)24-14(21)19(15(22)25-17(4,5)6)11-9-8-10-12(18)13(20)23-7;1-2-3-5-10-13(15)14(16)17-11-12-8-6-4-7-9-12;1-13(2,3)19-11(17)15(9-7-8-10-16)12(18)20-14(4,5)6/h10H,8-9,11H2,1-7H3;4,6-10H,2-3,5,11H2,1H3;10H,7-9H2,1-6H3. The van der Waals surface area contributed by atoms with E-state index in [1.165, 1.54) is 7.11 Å². The molecule has 1 rings (SSSR count). The number of unbranched alkanes of at least 4 members (excludes halogenated alkanes) is 4. The van der Waals surface area contributed by atoms with E-state index in [-0.39, 0.29) is 30.0 Å². The molecule has 0 aliphatic carbocycles. The van der Waals surface area contributed by atoms with Crippen molar-refractivity contribution < 1.29 is 62.0 Å². The van der Waals surface area contributed by atoms with E-state index in [9.17, 15) is 33.6 Å². The fraction of sp³-hybridized carbons (Fsp3) is 0.622. The number of methoxy groups -OCH3 is 1. The van der Waals surface area contributed by atoms with Gasteiger partial charge in [-0.3, -0.25) is 0 Å². The van der Waals surface area contributed by atoms with Gasteiger partial charge in [0.15, 0.2) is 0 Å². The molecule has 0 aliphatic rings. The van der Waals surface area contributed by atoms with E-state index in [1.807, 2.05) is 36.4 Å². The summed E-state index contributed by atoms with van der Waals surface area (Å²) in [5.74, 6) is -0.791. The lowest BCUT2D eigenvalue weighted by molar-refractivity contribution is -0.139. The van der Waals surface area contributed by atoms with Crippen molar-refractivity contribution in [3.63, 3.8) is 0 Å². The molecule has 0 aromatic heterocycles. The second kappa shape index (κ2) is 29.9. The molecule has 352 valence electrons. The molecule has 4 amide bonds. The van der Waals surface area contributed by atoms with Crippen LogP contribution in [0.25, 0.3) is 0 Å². The molecule has 1 aromatic rings. The number of nitrogens with zero attached hydrogens (tertiary/aromatic N) is 2. The first-order chi connectivity index (χ1) is 28.5. The Labute approximate surface area is 385 Å². The van der Waals surface area contributed by atoms with E-state index < -0.39 is 52.7 Å². The van der Waals surface area contributed by atoms with Gasteiger partial charge >= 0.3 is 36.3 Å². The lowest BCUT2D eigenvalue weighted by Crippen LogP contribution is -2.44. The third-order valence-corrected chi connectivity index (χ3v) is 8.03. The summed E-state index contributed by atoms with van der Waals surface area (Å²) in [5.41, 5.74) is -1.88. The maximum atomic E-state index is 12.3. The molecule has 0 radical (unpaired) electrons. The Morgan fingerprint density at radius 2 is 0.919 bits per heavy atom. The molecule has 1 aromatic carbocycles. The van der Waals surface area contributed by atoms with Crippen LogP contribution in [0.1, 0.15) is 141 Å². The summed E-state index contributed by atoms with van der Waals surface area (Å²) in [6.45, 7) is 23.2. The average molecular weight is 1010 g/mol. The van der Waals surface area contributed by atoms with Crippen LogP contribution in [-0.2, 0) is 49.4 Å². The minimum atomic E-state index is -0.766. The zero-order valence-corrected chi connectivity index (χ0v) is 42.3. The van der Waals surface area contributed by atoms with Crippen molar-refractivity contribution in [3.05, 3.63) is 57.0 Å². The van der Waals surface area contributed by atoms with Gasteiger partial charge in [0, 0.05) is 19.5 Å². The van der Waals surface area contributed by atoms with E-state index in [0.29, 0.717) is 30.4 Å². The summed E-state index contributed by atoms with van der Waals surface area (Å²) in [6.07, 6.45) is 5.81. The molecule has 15 nitrogen and oxygen atoms in total. The summed E-state index contributed by atoms with van der Waals surface area (Å²) in [5, 5.41) is 0. The lowest BCUT2D eigenvalue weighted by atomic mass is 10.2. The Morgan fingerprint density at radius 3 is 1.26 bits per heavy atom. The highest BCUT2D eigenvalue weighted by Crippen LogP contribution is 2.18. The Balaban J connectivity index is 0. The number of benzene rings is 1. The van der Waals surface area contributed by atoms with Crippen LogP contribution in [0.4, 0.5) is 19.2 Å². The highest BCUT2D eigenvalue weighted by molar-refractivity contribution is 9.12. The first kappa shape index (κ1) is 59.8. The first-order valence-corrected chi connectivity index (χ1v) is 22.0. The van der Waals surface area contributed by atoms with Crippen molar-refractivity contribution in [2.24, 2.45) is 0 Å². The van der Waals surface area contributed by atoms with Gasteiger partial charge in [-0.15, -0.1) is 0 Å². The maximum Gasteiger partial charge on any atom is 0.419 e. The first-order valence-electron chi connectivity index (χ1n) is 20.4. The number of rotatable bonds is 15. The maximum absolute atomic E-state index is 12.3. The van der Waals surface area contributed by atoms with Crippen molar-refractivity contribution in [1.82, 2.24) is 9.80 Å². The van der Waals surface area contributed by atoms with E-state index in [4.69, 9.17) is 23.7 Å². The zero-order valence-electron chi connectivity index (χ0n) is 39.1. The van der Waals surface area contributed by atoms with Gasteiger partial charge in [-0.25, -0.2) is 38.6 Å². The van der Waals surface area contributed by atoms with E-state index in [1.54, 1.807) is 89.2 Å². The zero-order chi connectivity index (χ0) is 48.3. The second-order valence-corrected chi connectivity index (χ2v) is 19.2. The smallest absolute Gasteiger partial charge is 0.419 e.